The molecule has 12 heavy (non-hydrogen) atoms. The Morgan fingerprint density at radius 2 is 2.17 bits per heavy atom. The van der Waals surface area contributed by atoms with Crippen LogP contribution in [0.15, 0.2) is 24.3 Å². The quantitative estimate of drug-likeness (QED) is 0.609. The van der Waals surface area contributed by atoms with E-state index < -0.39 is 0 Å². The number of fused-ring (bicyclic) bond motifs is 1. The fourth-order valence-electron chi connectivity index (χ4n) is 1.51. The van der Waals surface area contributed by atoms with E-state index in [1.807, 2.05) is 24.3 Å². The van der Waals surface area contributed by atoms with Crippen LogP contribution >= 0.6 is 0 Å². The van der Waals surface area contributed by atoms with Gasteiger partial charge in [0, 0.05) is 5.57 Å². The summed E-state index contributed by atoms with van der Waals surface area (Å²) < 4.78 is 0. The number of ketones is 1. The Morgan fingerprint density at radius 1 is 1.42 bits per heavy atom. The highest BCUT2D eigenvalue weighted by Gasteiger charge is 2.16. The molecule has 0 saturated heterocycles. The lowest BCUT2D eigenvalue weighted by atomic mass is 10.0. The van der Waals surface area contributed by atoms with E-state index in [9.17, 15) is 4.79 Å². The Kier molecular flexibility index (Phi) is 1.58. The van der Waals surface area contributed by atoms with Crippen LogP contribution in [-0.2, 0) is 11.2 Å². The van der Waals surface area contributed by atoms with Crippen LogP contribution in [-0.4, -0.2) is 5.78 Å². The Balaban J connectivity index is 2.52. The van der Waals surface area contributed by atoms with Crippen molar-refractivity contribution in [1.82, 2.24) is 0 Å². The van der Waals surface area contributed by atoms with Crippen LogP contribution < -0.4 is 0 Å². The zero-order chi connectivity index (χ0) is 8.55. The smallest absolute Gasteiger partial charge is 0.160 e. The molecule has 1 nitrogen and oxygen atoms in total. The molecule has 0 N–H and O–H groups in total. The summed E-state index contributed by atoms with van der Waals surface area (Å²) in [6.07, 6.45) is 3.87. The second kappa shape index (κ2) is 2.59. The number of carbonyl (C=O) groups is 1. The minimum Gasteiger partial charge on any atom is -0.294 e. The van der Waals surface area contributed by atoms with E-state index in [0.717, 1.165) is 17.6 Å². The molecule has 0 amide bonds. The van der Waals surface area contributed by atoms with Gasteiger partial charge < -0.3 is 0 Å². The molecule has 0 aliphatic heterocycles. The lowest BCUT2D eigenvalue weighted by Crippen LogP contribution is -1.93. The maximum Gasteiger partial charge on any atom is 0.160 e. The first-order valence-corrected chi connectivity index (χ1v) is 3.99. The van der Waals surface area contributed by atoms with Gasteiger partial charge in [-0.3, -0.25) is 4.79 Å². The summed E-state index contributed by atoms with van der Waals surface area (Å²) >= 11 is 0. The maximum atomic E-state index is 11.1. The normalized spacial score (nSPS) is 13.9. The van der Waals surface area contributed by atoms with Crippen molar-refractivity contribution in [2.24, 2.45) is 0 Å². The largest absolute Gasteiger partial charge is 0.294 e. The lowest BCUT2D eigenvalue weighted by Gasteiger charge is -1.99. The summed E-state index contributed by atoms with van der Waals surface area (Å²) in [4.78, 5) is 11.1. The second-order valence-corrected chi connectivity index (χ2v) is 2.94. The number of Topliss-reactive ketones (excluding diaryl/α,β-unsaturated/α-hetero) is 1. The molecule has 1 aliphatic carbocycles. The van der Waals surface area contributed by atoms with Gasteiger partial charge in [0.15, 0.2) is 5.78 Å². The third kappa shape index (κ3) is 0.981. The Hall–Kier alpha value is -1.37. The van der Waals surface area contributed by atoms with Gasteiger partial charge in [0.1, 0.15) is 0 Å². The SMILES string of the molecule is CC(=O)C1=[C]Cc2ccccc21. The molecule has 0 atom stereocenters. The minimum absolute atomic E-state index is 0.111. The fraction of sp³-hybridized carbons (Fsp3) is 0.182. The van der Waals surface area contributed by atoms with Crippen molar-refractivity contribution in [3.63, 3.8) is 0 Å². The fourth-order valence-corrected chi connectivity index (χ4v) is 1.51. The molecular formula is C11H9O. The molecule has 0 heterocycles. The van der Waals surface area contributed by atoms with Crippen molar-refractivity contribution in [1.29, 1.82) is 0 Å². The van der Waals surface area contributed by atoms with Crippen molar-refractivity contribution in [2.45, 2.75) is 13.3 Å². The number of benzene rings is 1. The highest BCUT2D eigenvalue weighted by Crippen LogP contribution is 2.26. The first kappa shape index (κ1) is 7.29. The van der Waals surface area contributed by atoms with E-state index in [1.54, 1.807) is 6.92 Å². The number of rotatable bonds is 1. The summed E-state index contributed by atoms with van der Waals surface area (Å²) in [5.41, 5.74) is 3.03. The van der Waals surface area contributed by atoms with E-state index in [0.29, 0.717) is 0 Å². The summed E-state index contributed by atoms with van der Waals surface area (Å²) in [5.74, 6) is 0.111. The molecule has 1 aromatic carbocycles. The maximum absolute atomic E-state index is 11.1. The summed E-state index contributed by atoms with van der Waals surface area (Å²) in [5, 5.41) is 0. The molecule has 1 heteroatoms. The highest BCUT2D eigenvalue weighted by molar-refractivity contribution is 6.20. The minimum atomic E-state index is 0.111. The zero-order valence-electron chi connectivity index (χ0n) is 6.92. The lowest BCUT2D eigenvalue weighted by molar-refractivity contribution is -0.111. The molecule has 0 spiro atoms. The van der Waals surface area contributed by atoms with Gasteiger partial charge in [0.2, 0.25) is 0 Å². The summed E-state index contributed by atoms with van der Waals surface area (Å²) in [7, 11) is 0. The van der Waals surface area contributed by atoms with Crippen LogP contribution in [0.4, 0.5) is 0 Å². The standard InChI is InChI=1S/C11H9O/c1-8(12)10-7-6-9-4-2-3-5-11(9)10/h2-5H,6H2,1H3. The van der Waals surface area contributed by atoms with Crippen LogP contribution in [0, 0.1) is 6.08 Å². The Labute approximate surface area is 71.7 Å². The molecule has 0 bridgehead atoms. The van der Waals surface area contributed by atoms with Gasteiger partial charge in [-0.15, -0.1) is 0 Å². The third-order valence-electron chi connectivity index (χ3n) is 2.09. The van der Waals surface area contributed by atoms with Crippen molar-refractivity contribution in [3.05, 3.63) is 41.5 Å². The van der Waals surface area contributed by atoms with Gasteiger partial charge in [0.25, 0.3) is 0 Å². The third-order valence-corrected chi connectivity index (χ3v) is 2.09. The van der Waals surface area contributed by atoms with E-state index in [2.05, 4.69) is 6.08 Å². The van der Waals surface area contributed by atoms with E-state index in [4.69, 9.17) is 0 Å². The monoisotopic (exact) mass is 157 g/mol. The van der Waals surface area contributed by atoms with Crippen molar-refractivity contribution < 1.29 is 4.79 Å². The molecule has 59 valence electrons. The molecule has 1 aromatic rings. The van der Waals surface area contributed by atoms with E-state index >= 15 is 0 Å². The topological polar surface area (TPSA) is 17.1 Å². The van der Waals surface area contributed by atoms with E-state index in [1.165, 1.54) is 5.56 Å². The van der Waals surface area contributed by atoms with Gasteiger partial charge in [-0.25, -0.2) is 0 Å². The van der Waals surface area contributed by atoms with Gasteiger partial charge in [-0.1, -0.05) is 24.3 Å². The molecule has 1 radical (unpaired) electrons. The van der Waals surface area contributed by atoms with Crippen LogP contribution in [0.3, 0.4) is 0 Å². The zero-order valence-corrected chi connectivity index (χ0v) is 6.92. The predicted octanol–water partition coefficient (Wildman–Crippen LogP) is 2.02. The van der Waals surface area contributed by atoms with Gasteiger partial charge in [-0.2, -0.15) is 0 Å². The van der Waals surface area contributed by atoms with Crippen LogP contribution in [0.25, 0.3) is 5.57 Å². The van der Waals surface area contributed by atoms with Crippen LogP contribution in [0.1, 0.15) is 18.1 Å². The number of carbonyl (C=O) groups excluding carboxylic acids is 1. The molecule has 0 unspecified atom stereocenters. The summed E-state index contributed by atoms with van der Waals surface area (Å²) in [6.45, 7) is 1.59. The van der Waals surface area contributed by atoms with Crippen molar-refractivity contribution in [2.75, 3.05) is 0 Å². The van der Waals surface area contributed by atoms with Gasteiger partial charge in [-0.05, 0) is 30.5 Å². The average Bonchev–Trinajstić information content (AvgIpc) is 2.47. The molecule has 0 saturated carbocycles. The van der Waals surface area contributed by atoms with E-state index in [-0.39, 0.29) is 5.78 Å². The average molecular weight is 157 g/mol. The molecule has 1 aliphatic rings. The first-order chi connectivity index (χ1) is 5.79. The molecular weight excluding hydrogens is 148 g/mol. The van der Waals surface area contributed by atoms with Crippen LogP contribution in [0.5, 0.6) is 0 Å². The number of allylic oxidation sites excluding steroid dienone is 2. The summed E-state index contributed by atoms with van der Waals surface area (Å²) in [6, 6.07) is 7.96. The molecule has 0 fully saturated rings. The Bertz CT molecular complexity index is 361. The number of hydrogen-bond acceptors (Lipinski definition) is 1. The number of hydrogen-bond donors (Lipinski definition) is 0. The Morgan fingerprint density at radius 3 is 2.92 bits per heavy atom. The van der Waals surface area contributed by atoms with Crippen molar-refractivity contribution in [3.8, 4) is 0 Å². The van der Waals surface area contributed by atoms with Crippen LogP contribution in [0.2, 0.25) is 0 Å². The van der Waals surface area contributed by atoms with Gasteiger partial charge >= 0.3 is 0 Å². The highest BCUT2D eigenvalue weighted by atomic mass is 16.1. The molecule has 0 aromatic heterocycles. The predicted molar refractivity (Wildman–Crippen MR) is 47.5 cm³/mol. The second-order valence-electron chi connectivity index (χ2n) is 2.94. The van der Waals surface area contributed by atoms with Crippen molar-refractivity contribution >= 4 is 11.4 Å². The molecule has 2 rings (SSSR count). The van der Waals surface area contributed by atoms with Gasteiger partial charge in [0.05, 0.1) is 0 Å². The first-order valence-electron chi connectivity index (χ1n) is 3.99.